The highest BCUT2D eigenvalue weighted by atomic mass is 32.2. The lowest BCUT2D eigenvalue weighted by atomic mass is 10.1. The van der Waals surface area contributed by atoms with Crippen LogP contribution in [0.1, 0.15) is 37.3 Å². The molecule has 0 unspecified atom stereocenters. The number of piperidine rings is 2. The van der Waals surface area contributed by atoms with Gasteiger partial charge in [-0.2, -0.15) is 18.3 Å². The molecule has 0 radical (unpaired) electrons. The quantitative estimate of drug-likeness (QED) is 0.692. The van der Waals surface area contributed by atoms with E-state index in [1.807, 2.05) is 7.05 Å². The minimum Gasteiger partial charge on any atom is -0.351 e. The van der Waals surface area contributed by atoms with Crippen molar-refractivity contribution in [1.29, 1.82) is 0 Å². The highest BCUT2D eigenvalue weighted by Crippen LogP contribution is 2.36. The van der Waals surface area contributed by atoms with E-state index in [1.54, 1.807) is 10.9 Å². The molecule has 0 atom stereocenters. The molecule has 2 aromatic heterocycles. The summed E-state index contributed by atoms with van der Waals surface area (Å²) in [5.41, 5.74) is -0.839. The topological polar surface area (TPSA) is 96.2 Å². The summed E-state index contributed by atoms with van der Waals surface area (Å²) in [6.07, 6.45) is 3.19. The van der Waals surface area contributed by atoms with Crippen LogP contribution in [0.3, 0.4) is 0 Å². The van der Waals surface area contributed by atoms with Crippen LogP contribution in [-0.2, 0) is 16.2 Å². The predicted molar refractivity (Wildman–Crippen MR) is 117 cm³/mol. The van der Waals surface area contributed by atoms with Crippen LogP contribution >= 0.6 is 0 Å². The summed E-state index contributed by atoms with van der Waals surface area (Å²) >= 11 is 0. The number of halogens is 3. The van der Waals surface area contributed by atoms with Crippen molar-refractivity contribution in [2.24, 2.45) is 0 Å². The maximum Gasteiger partial charge on any atom is 0.419 e. The first kappa shape index (κ1) is 23.9. The summed E-state index contributed by atoms with van der Waals surface area (Å²) in [7, 11) is -1.22. The Morgan fingerprint density at radius 2 is 1.73 bits per heavy atom. The van der Waals surface area contributed by atoms with Crippen molar-refractivity contribution in [3.63, 3.8) is 0 Å². The Labute approximate surface area is 191 Å². The molecule has 2 aliphatic heterocycles. The molecule has 9 nitrogen and oxygen atoms in total. The fourth-order valence-electron chi connectivity index (χ4n) is 4.31. The zero-order valence-corrected chi connectivity index (χ0v) is 19.4. The summed E-state index contributed by atoms with van der Waals surface area (Å²) in [4.78, 5) is 10.3. The first-order valence-corrected chi connectivity index (χ1v) is 12.7. The zero-order valence-electron chi connectivity index (χ0n) is 18.6. The lowest BCUT2D eigenvalue weighted by molar-refractivity contribution is -0.137. The van der Waals surface area contributed by atoms with Crippen LogP contribution in [0, 0.1) is 0 Å². The van der Waals surface area contributed by atoms with E-state index in [1.165, 1.54) is 10.5 Å². The molecule has 2 aliphatic rings. The van der Waals surface area contributed by atoms with Gasteiger partial charge in [0.15, 0.2) is 0 Å². The summed E-state index contributed by atoms with van der Waals surface area (Å²) < 4.78 is 67.6. The minimum absolute atomic E-state index is 0.0860. The number of nitrogens with zero attached hydrogens (tertiary/aromatic N) is 6. The third-order valence-electron chi connectivity index (χ3n) is 6.29. The lowest BCUT2D eigenvalue weighted by Gasteiger charge is -2.30. The molecule has 0 aliphatic carbocycles. The first-order chi connectivity index (χ1) is 15.5. The van der Waals surface area contributed by atoms with Gasteiger partial charge in [0.05, 0.1) is 24.2 Å². The van der Waals surface area contributed by atoms with Crippen molar-refractivity contribution in [3.05, 3.63) is 24.2 Å². The molecule has 0 bridgehead atoms. The summed E-state index contributed by atoms with van der Waals surface area (Å²) in [5.74, 6) is 0.0860. The van der Waals surface area contributed by atoms with E-state index in [0.717, 1.165) is 38.4 Å². The Hall–Kier alpha value is -2.25. The molecule has 33 heavy (non-hydrogen) atoms. The number of anilines is 1. The van der Waals surface area contributed by atoms with Gasteiger partial charge in [-0.1, -0.05) is 0 Å². The zero-order chi connectivity index (χ0) is 23.8. The number of nitrogens with one attached hydrogen (secondary N) is 1. The Bertz CT molecular complexity index is 1070. The van der Waals surface area contributed by atoms with Crippen molar-refractivity contribution < 1.29 is 21.6 Å². The monoisotopic (exact) mass is 487 g/mol. The largest absolute Gasteiger partial charge is 0.419 e. The molecule has 2 saturated heterocycles. The van der Waals surface area contributed by atoms with Crippen molar-refractivity contribution >= 4 is 16.0 Å². The predicted octanol–water partition coefficient (Wildman–Crippen LogP) is 2.46. The number of sulfonamides is 1. The van der Waals surface area contributed by atoms with Gasteiger partial charge in [-0.25, -0.2) is 22.7 Å². The molecular formula is C20H28F3N7O2S. The van der Waals surface area contributed by atoms with Crippen LogP contribution in [0.15, 0.2) is 18.6 Å². The van der Waals surface area contributed by atoms with Crippen LogP contribution in [-0.4, -0.2) is 82.9 Å². The van der Waals surface area contributed by atoms with Gasteiger partial charge in [-0.05, 0) is 45.8 Å². The molecule has 0 spiro atoms. The highest BCUT2D eigenvalue weighted by Gasteiger charge is 2.36. The Morgan fingerprint density at radius 3 is 2.33 bits per heavy atom. The second-order valence-corrected chi connectivity index (χ2v) is 10.8. The van der Waals surface area contributed by atoms with Crippen molar-refractivity contribution in [1.82, 2.24) is 29.0 Å². The Morgan fingerprint density at radius 1 is 1.06 bits per heavy atom. The van der Waals surface area contributed by atoms with Gasteiger partial charge in [0.25, 0.3) is 0 Å². The van der Waals surface area contributed by atoms with Crippen LogP contribution in [0.4, 0.5) is 19.1 Å². The number of alkyl halides is 3. The molecule has 1 N–H and O–H groups in total. The minimum atomic E-state index is -4.61. The molecule has 0 amide bonds. The van der Waals surface area contributed by atoms with Crippen LogP contribution < -0.4 is 5.32 Å². The van der Waals surface area contributed by atoms with Gasteiger partial charge in [0, 0.05) is 37.1 Å². The third kappa shape index (κ3) is 5.64. The molecule has 182 valence electrons. The fourth-order valence-corrected chi connectivity index (χ4v) is 5.19. The lowest BCUT2D eigenvalue weighted by Crippen LogP contribution is -2.42. The Balaban J connectivity index is 1.54. The van der Waals surface area contributed by atoms with Crippen LogP contribution in [0.5, 0.6) is 0 Å². The van der Waals surface area contributed by atoms with Crippen LogP contribution in [0.25, 0.3) is 11.3 Å². The molecule has 2 aromatic rings. The summed E-state index contributed by atoms with van der Waals surface area (Å²) in [5, 5.41) is 7.40. The second-order valence-electron chi connectivity index (χ2n) is 8.78. The van der Waals surface area contributed by atoms with E-state index in [9.17, 15) is 21.6 Å². The van der Waals surface area contributed by atoms with Gasteiger partial charge in [-0.3, -0.25) is 4.68 Å². The van der Waals surface area contributed by atoms with Gasteiger partial charge in [0.1, 0.15) is 5.56 Å². The van der Waals surface area contributed by atoms with Crippen LogP contribution in [0.2, 0.25) is 0 Å². The Kier molecular flexibility index (Phi) is 6.65. The molecule has 0 saturated carbocycles. The van der Waals surface area contributed by atoms with Gasteiger partial charge in [0.2, 0.25) is 16.0 Å². The summed E-state index contributed by atoms with van der Waals surface area (Å²) in [6, 6.07) is 0.0123. The molecular weight excluding hydrogens is 459 g/mol. The molecule has 2 fully saturated rings. The maximum absolute atomic E-state index is 13.7. The van der Waals surface area contributed by atoms with Crippen molar-refractivity contribution in [3.8, 4) is 11.3 Å². The van der Waals surface area contributed by atoms with E-state index in [0.29, 0.717) is 31.5 Å². The fraction of sp³-hybridized carbons (Fsp3) is 0.650. The van der Waals surface area contributed by atoms with Gasteiger partial charge < -0.3 is 10.2 Å². The van der Waals surface area contributed by atoms with E-state index in [-0.39, 0.29) is 23.7 Å². The SMILES string of the molecule is CN1CCC(n2cc(-c3nc(NC4CCN(S(C)(=O)=O)CC4)ncc3C(F)(F)F)cn2)CC1. The molecule has 4 rings (SSSR count). The normalized spacial score (nSPS) is 20.3. The van der Waals surface area contributed by atoms with E-state index >= 15 is 0 Å². The van der Waals surface area contributed by atoms with E-state index in [2.05, 4.69) is 25.3 Å². The highest BCUT2D eigenvalue weighted by molar-refractivity contribution is 7.88. The maximum atomic E-state index is 13.7. The van der Waals surface area contributed by atoms with E-state index < -0.39 is 21.8 Å². The summed E-state index contributed by atoms with van der Waals surface area (Å²) in [6.45, 7) is 2.50. The van der Waals surface area contributed by atoms with E-state index in [4.69, 9.17) is 0 Å². The second kappa shape index (κ2) is 9.18. The average molecular weight is 488 g/mol. The molecule has 13 heteroatoms. The van der Waals surface area contributed by atoms with Gasteiger partial charge in [-0.15, -0.1) is 0 Å². The molecule has 0 aromatic carbocycles. The first-order valence-electron chi connectivity index (χ1n) is 10.9. The smallest absolute Gasteiger partial charge is 0.351 e. The number of hydrogen-bond donors (Lipinski definition) is 1. The number of hydrogen-bond acceptors (Lipinski definition) is 7. The molecule has 4 heterocycles. The number of rotatable bonds is 5. The van der Waals surface area contributed by atoms with Gasteiger partial charge >= 0.3 is 6.18 Å². The third-order valence-corrected chi connectivity index (χ3v) is 7.59. The standard InChI is InChI=1S/C20H28F3N7O2S/c1-28-7-5-16(6-8-28)30-13-14(11-25-30)18-17(20(21,22)23)12-24-19(27-18)26-15-3-9-29(10-4-15)33(2,31)32/h11-13,15-16H,3-10H2,1-2H3,(H,24,26,27). The number of likely N-dealkylation sites (tertiary alicyclic amines) is 1. The van der Waals surface area contributed by atoms with Crippen molar-refractivity contribution in [2.45, 2.75) is 43.9 Å². The number of aromatic nitrogens is 4. The average Bonchev–Trinajstić information content (AvgIpc) is 3.23. The van der Waals surface area contributed by atoms with Crippen molar-refractivity contribution in [2.75, 3.05) is 44.8 Å².